The van der Waals surface area contributed by atoms with E-state index in [1.807, 2.05) is 6.07 Å². The molecule has 142 valence electrons. The minimum atomic E-state index is -0.763. The van der Waals surface area contributed by atoms with Crippen molar-refractivity contribution in [2.45, 2.75) is 38.5 Å². The quantitative estimate of drug-likeness (QED) is 0.500. The molecule has 0 unspecified atom stereocenters. The van der Waals surface area contributed by atoms with Gasteiger partial charge in [0.25, 0.3) is 11.5 Å². The summed E-state index contributed by atoms with van der Waals surface area (Å²) in [5.41, 5.74) is 1.11. The van der Waals surface area contributed by atoms with Gasteiger partial charge in [0.1, 0.15) is 11.2 Å². The van der Waals surface area contributed by atoms with Gasteiger partial charge in [-0.2, -0.15) is 5.10 Å². The van der Waals surface area contributed by atoms with E-state index < -0.39 is 5.97 Å². The molecule has 0 bridgehead atoms. The molecular weight excluding hydrogens is 348 g/mol. The van der Waals surface area contributed by atoms with Crippen LogP contribution in [0.5, 0.6) is 0 Å². The molecule has 3 rings (SSSR count). The molecule has 2 heterocycles. The highest BCUT2D eigenvalue weighted by molar-refractivity contribution is 6.00. The molecule has 8 heteroatoms. The Morgan fingerprint density at radius 2 is 1.85 bits per heavy atom. The van der Waals surface area contributed by atoms with Crippen LogP contribution in [0.1, 0.15) is 48.9 Å². The van der Waals surface area contributed by atoms with Crippen molar-refractivity contribution in [2.75, 3.05) is 6.54 Å². The van der Waals surface area contributed by atoms with E-state index in [4.69, 9.17) is 5.11 Å². The Morgan fingerprint density at radius 1 is 1.11 bits per heavy atom. The number of carboxylic acids is 1. The van der Waals surface area contributed by atoms with Crippen molar-refractivity contribution in [1.82, 2.24) is 19.9 Å². The van der Waals surface area contributed by atoms with Gasteiger partial charge in [-0.05, 0) is 25.0 Å². The van der Waals surface area contributed by atoms with Gasteiger partial charge in [0, 0.05) is 13.0 Å². The third kappa shape index (κ3) is 4.33. The summed E-state index contributed by atoms with van der Waals surface area (Å²) in [4.78, 5) is 37.8. The number of carboxylic acid groups (broad SMARTS) is 1. The highest BCUT2D eigenvalue weighted by Crippen LogP contribution is 2.14. The molecule has 0 saturated carbocycles. The highest BCUT2D eigenvalue weighted by atomic mass is 16.4. The van der Waals surface area contributed by atoms with Gasteiger partial charge in [-0.15, -0.1) is 0 Å². The fourth-order valence-electron chi connectivity index (χ4n) is 3.07. The molecule has 1 amide bonds. The first-order chi connectivity index (χ1) is 13.1. The number of nitrogens with zero attached hydrogens (tertiary/aromatic N) is 2. The van der Waals surface area contributed by atoms with Gasteiger partial charge in [0.2, 0.25) is 0 Å². The van der Waals surface area contributed by atoms with Gasteiger partial charge in [-0.3, -0.25) is 14.4 Å². The topological polar surface area (TPSA) is 117 Å². The van der Waals surface area contributed by atoms with Crippen LogP contribution in [0.2, 0.25) is 0 Å². The van der Waals surface area contributed by atoms with Gasteiger partial charge >= 0.3 is 5.97 Å². The summed E-state index contributed by atoms with van der Waals surface area (Å²) in [6, 6.07) is 7.10. The van der Waals surface area contributed by atoms with Gasteiger partial charge in [0.15, 0.2) is 0 Å². The SMILES string of the molecule is O=C(O)CCCCCCCNC(=O)c1cnn2c1[nH]c(=O)c1ccccc12. The molecule has 0 aliphatic rings. The number of benzene rings is 1. The van der Waals surface area contributed by atoms with Crippen LogP contribution in [0.25, 0.3) is 16.6 Å². The van der Waals surface area contributed by atoms with Crippen molar-refractivity contribution in [3.63, 3.8) is 0 Å². The van der Waals surface area contributed by atoms with Crippen LogP contribution in [-0.4, -0.2) is 38.1 Å². The number of H-pyrrole nitrogens is 1. The van der Waals surface area contributed by atoms with Crippen molar-refractivity contribution in [3.8, 4) is 0 Å². The fourth-order valence-corrected chi connectivity index (χ4v) is 3.07. The number of amides is 1. The number of hydrogen-bond acceptors (Lipinski definition) is 4. The Kier molecular flexibility index (Phi) is 5.85. The molecule has 0 saturated heterocycles. The van der Waals surface area contributed by atoms with Gasteiger partial charge in [-0.1, -0.05) is 31.4 Å². The number of carbonyl (C=O) groups excluding carboxylic acids is 1. The number of hydrogen-bond donors (Lipinski definition) is 3. The first-order valence-corrected chi connectivity index (χ1v) is 9.06. The number of unbranched alkanes of at least 4 members (excludes halogenated alkanes) is 4. The maximum absolute atomic E-state index is 12.4. The van der Waals surface area contributed by atoms with Crippen LogP contribution < -0.4 is 10.9 Å². The molecule has 0 aliphatic heterocycles. The normalized spacial score (nSPS) is 11.1. The molecule has 0 atom stereocenters. The molecule has 8 nitrogen and oxygen atoms in total. The molecule has 27 heavy (non-hydrogen) atoms. The molecule has 3 aromatic rings. The smallest absolute Gasteiger partial charge is 0.303 e. The lowest BCUT2D eigenvalue weighted by Crippen LogP contribution is -2.25. The molecule has 0 spiro atoms. The average molecular weight is 370 g/mol. The van der Waals surface area contributed by atoms with E-state index in [2.05, 4.69) is 15.4 Å². The standard InChI is InChI=1S/C19H22N4O4/c24-16(25)10-4-2-1-3-7-11-20-18(26)14-12-21-23-15-9-6-5-8-13(15)19(27)22-17(14)23/h5-6,8-9,12H,1-4,7,10-11H2,(H,20,26)(H,22,27)(H,24,25). The minimum absolute atomic E-state index is 0.207. The predicted octanol–water partition coefficient (Wildman–Crippen LogP) is 2.33. The summed E-state index contributed by atoms with van der Waals surface area (Å²) in [6.45, 7) is 0.521. The van der Waals surface area contributed by atoms with E-state index >= 15 is 0 Å². The molecule has 0 aliphatic carbocycles. The molecule has 2 aromatic heterocycles. The Hall–Kier alpha value is -3.16. The second kappa shape index (κ2) is 8.48. The van der Waals surface area contributed by atoms with Crippen LogP contribution in [0.3, 0.4) is 0 Å². The van der Waals surface area contributed by atoms with Gasteiger partial charge < -0.3 is 15.4 Å². The van der Waals surface area contributed by atoms with Crippen molar-refractivity contribution in [1.29, 1.82) is 0 Å². The summed E-state index contributed by atoms with van der Waals surface area (Å²) < 4.78 is 1.56. The number of aromatic nitrogens is 3. The highest BCUT2D eigenvalue weighted by Gasteiger charge is 2.15. The zero-order chi connectivity index (χ0) is 19.2. The van der Waals surface area contributed by atoms with Crippen LogP contribution in [-0.2, 0) is 4.79 Å². The van der Waals surface area contributed by atoms with E-state index in [0.717, 1.165) is 25.7 Å². The first kappa shape index (κ1) is 18.6. The predicted molar refractivity (Wildman–Crippen MR) is 101 cm³/mol. The van der Waals surface area contributed by atoms with E-state index in [1.54, 1.807) is 22.7 Å². The number of carbonyl (C=O) groups is 2. The number of aliphatic carboxylic acids is 1. The van der Waals surface area contributed by atoms with Crippen molar-refractivity contribution in [2.24, 2.45) is 0 Å². The largest absolute Gasteiger partial charge is 0.481 e. The van der Waals surface area contributed by atoms with Gasteiger partial charge in [0.05, 0.1) is 17.1 Å². The van der Waals surface area contributed by atoms with E-state index in [1.165, 1.54) is 6.20 Å². The third-order valence-corrected chi connectivity index (χ3v) is 4.48. The van der Waals surface area contributed by atoms with E-state index in [0.29, 0.717) is 35.1 Å². The summed E-state index contributed by atoms with van der Waals surface area (Å²) in [6.07, 6.45) is 5.91. The Bertz CT molecular complexity index is 1020. The molecule has 1 aromatic carbocycles. The van der Waals surface area contributed by atoms with Crippen LogP contribution in [0.15, 0.2) is 35.3 Å². The zero-order valence-electron chi connectivity index (χ0n) is 14.9. The van der Waals surface area contributed by atoms with E-state index in [9.17, 15) is 14.4 Å². The summed E-state index contributed by atoms with van der Waals surface area (Å²) in [7, 11) is 0. The lowest BCUT2D eigenvalue weighted by molar-refractivity contribution is -0.137. The number of para-hydroxylation sites is 1. The summed E-state index contributed by atoms with van der Waals surface area (Å²) in [5.74, 6) is -1.04. The number of nitrogens with one attached hydrogen (secondary N) is 2. The molecule has 0 fully saturated rings. The van der Waals surface area contributed by atoms with Crippen LogP contribution in [0.4, 0.5) is 0 Å². The summed E-state index contributed by atoms with van der Waals surface area (Å²) >= 11 is 0. The Labute approximate surface area is 155 Å². The average Bonchev–Trinajstić information content (AvgIpc) is 3.07. The molecule has 3 N–H and O–H groups in total. The maximum atomic E-state index is 12.4. The monoisotopic (exact) mass is 370 g/mol. The lowest BCUT2D eigenvalue weighted by atomic mass is 10.1. The van der Waals surface area contributed by atoms with Crippen LogP contribution in [0, 0.1) is 0 Å². The maximum Gasteiger partial charge on any atom is 0.303 e. The van der Waals surface area contributed by atoms with Gasteiger partial charge in [-0.25, -0.2) is 4.52 Å². The Morgan fingerprint density at radius 3 is 2.67 bits per heavy atom. The number of rotatable bonds is 9. The fraction of sp³-hybridized carbons (Fsp3) is 0.368. The Balaban J connectivity index is 1.57. The third-order valence-electron chi connectivity index (χ3n) is 4.48. The second-order valence-electron chi connectivity index (χ2n) is 6.46. The number of aromatic amines is 1. The van der Waals surface area contributed by atoms with Crippen LogP contribution >= 0.6 is 0 Å². The first-order valence-electron chi connectivity index (χ1n) is 9.06. The zero-order valence-corrected chi connectivity index (χ0v) is 14.9. The van der Waals surface area contributed by atoms with Crippen molar-refractivity contribution < 1.29 is 14.7 Å². The second-order valence-corrected chi connectivity index (χ2v) is 6.46. The minimum Gasteiger partial charge on any atom is -0.481 e. The summed E-state index contributed by atoms with van der Waals surface area (Å²) in [5, 5.41) is 16.2. The molecular formula is C19H22N4O4. The number of fused-ring (bicyclic) bond motifs is 3. The van der Waals surface area contributed by atoms with Crippen molar-refractivity contribution >= 4 is 28.4 Å². The van der Waals surface area contributed by atoms with Crippen molar-refractivity contribution in [3.05, 3.63) is 46.4 Å². The lowest BCUT2D eigenvalue weighted by Gasteiger charge is -2.05. The molecule has 0 radical (unpaired) electrons. The van der Waals surface area contributed by atoms with E-state index in [-0.39, 0.29) is 17.9 Å².